The number of aromatic nitrogens is 2. The second-order valence-corrected chi connectivity index (χ2v) is 12.6. The number of aliphatic hydroxyl groups is 1. The average molecular weight is 582 g/mol. The number of anilines is 1. The Labute approximate surface area is 202 Å². The lowest BCUT2D eigenvalue weighted by molar-refractivity contribution is 0.248. The highest BCUT2D eigenvalue weighted by atomic mass is 127. The first-order valence-corrected chi connectivity index (χ1v) is 14.1. The van der Waals surface area contributed by atoms with Gasteiger partial charge in [-0.05, 0) is 67.5 Å². The SMILES string of the molecule is Nc1cnc(-c2ccc(-c3ccccc3S(=O)(=O)NI=C3CCCC[C@@H]3CO)cc2F)cn1. The summed E-state index contributed by atoms with van der Waals surface area (Å²) in [7, 11) is -3.81. The summed E-state index contributed by atoms with van der Waals surface area (Å²) < 4.78 is 45.2. The molecule has 0 spiro atoms. The van der Waals surface area contributed by atoms with Crippen molar-refractivity contribution in [1.82, 2.24) is 12.9 Å². The maximum Gasteiger partial charge on any atom is 0.249 e. The van der Waals surface area contributed by atoms with Gasteiger partial charge in [-0.25, -0.2) is 17.8 Å². The van der Waals surface area contributed by atoms with Crippen LogP contribution >= 0.6 is 21.0 Å². The summed E-state index contributed by atoms with van der Waals surface area (Å²) in [5, 5.41) is 9.61. The Kier molecular flexibility index (Phi) is 7.47. The van der Waals surface area contributed by atoms with Gasteiger partial charge >= 0.3 is 0 Å². The number of nitrogen functional groups attached to an aromatic ring is 1. The fourth-order valence-corrected chi connectivity index (χ4v) is 8.86. The Bertz CT molecular complexity index is 1280. The third-order valence-corrected chi connectivity index (χ3v) is 11.3. The number of benzene rings is 2. The third-order valence-electron chi connectivity index (χ3n) is 5.55. The minimum Gasteiger partial charge on any atom is -0.396 e. The maximum atomic E-state index is 14.9. The molecule has 3 aromatic rings. The molecule has 4 rings (SSSR count). The quantitative estimate of drug-likeness (QED) is 0.298. The van der Waals surface area contributed by atoms with Gasteiger partial charge in [0.25, 0.3) is 0 Å². The zero-order valence-corrected chi connectivity index (χ0v) is 20.7. The summed E-state index contributed by atoms with van der Waals surface area (Å²) in [5.74, 6) is -0.229. The smallest absolute Gasteiger partial charge is 0.249 e. The predicted octanol–water partition coefficient (Wildman–Crippen LogP) is 4.05. The Morgan fingerprint density at radius 2 is 1.94 bits per heavy atom. The Morgan fingerprint density at radius 3 is 2.67 bits per heavy atom. The van der Waals surface area contributed by atoms with Gasteiger partial charge in [0, 0.05) is 17.0 Å². The number of nitrogens with zero attached hydrogens (tertiary/aromatic N) is 2. The highest BCUT2D eigenvalue weighted by molar-refractivity contribution is 14.2. The van der Waals surface area contributed by atoms with Gasteiger partial charge in [0.05, 0.1) is 29.6 Å². The lowest BCUT2D eigenvalue weighted by Crippen LogP contribution is -2.23. The molecule has 33 heavy (non-hydrogen) atoms. The number of halogens is 2. The van der Waals surface area contributed by atoms with E-state index in [1.165, 1.54) is 24.5 Å². The van der Waals surface area contributed by atoms with Crippen LogP contribution in [0.15, 0.2) is 59.8 Å². The van der Waals surface area contributed by atoms with Gasteiger partial charge < -0.3 is 10.8 Å². The number of hydrogen-bond donors (Lipinski definition) is 3. The Morgan fingerprint density at radius 1 is 1.12 bits per heavy atom. The molecule has 0 saturated heterocycles. The van der Waals surface area contributed by atoms with E-state index in [9.17, 15) is 17.9 Å². The standard InChI is InChI=1S/C23H24FIN4O3S/c24-19-11-15(9-10-18(19)21-12-28-23(26)13-27-21)17-6-2-4-8-22(17)33(31,32)29-25-20-7-3-1-5-16(20)14-30/h2,4,6,8-13,16,29-30H,1,3,5,7,14H2,(H2,26,28)/t16-/m1/s1. The van der Waals surface area contributed by atoms with E-state index in [1.54, 1.807) is 30.3 Å². The molecule has 2 aromatic carbocycles. The van der Waals surface area contributed by atoms with Gasteiger partial charge in [-0.3, -0.25) is 4.98 Å². The largest absolute Gasteiger partial charge is 0.396 e. The number of rotatable bonds is 6. The van der Waals surface area contributed by atoms with Crippen LogP contribution in [0.3, 0.4) is 0 Å². The van der Waals surface area contributed by atoms with Crippen molar-refractivity contribution in [2.45, 2.75) is 30.6 Å². The minimum absolute atomic E-state index is 0.0530. The molecule has 1 saturated carbocycles. The van der Waals surface area contributed by atoms with E-state index in [0.29, 0.717) is 16.8 Å². The Balaban J connectivity index is 1.66. The second kappa shape index (κ2) is 10.3. The van der Waals surface area contributed by atoms with Crippen LogP contribution < -0.4 is 8.67 Å². The number of nitrogens with two attached hydrogens (primary N) is 1. The first kappa shape index (κ1) is 23.9. The van der Waals surface area contributed by atoms with Crippen LogP contribution in [-0.4, -0.2) is 33.6 Å². The van der Waals surface area contributed by atoms with E-state index >= 15 is 0 Å². The number of hydrogen-bond acceptors (Lipinski definition) is 6. The van der Waals surface area contributed by atoms with Crippen molar-refractivity contribution in [2.75, 3.05) is 12.3 Å². The molecule has 7 nitrogen and oxygen atoms in total. The molecular weight excluding hydrogens is 558 g/mol. The molecule has 0 aliphatic heterocycles. The Hall–Kier alpha value is -2.28. The topological polar surface area (TPSA) is 118 Å². The first-order valence-electron chi connectivity index (χ1n) is 10.5. The molecule has 1 heterocycles. The van der Waals surface area contributed by atoms with E-state index in [-0.39, 0.29) is 28.8 Å². The molecule has 1 aliphatic rings. The lowest BCUT2D eigenvalue weighted by Gasteiger charge is -2.22. The fourth-order valence-electron chi connectivity index (χ4n) is 3.81. The van der Waals surface area contributed by atoms with Crippen LogP contribution in [0.5, 0.6) is 0 Å². The average Bonchev–Trinajstić information content (AvgIpc) is 2.83. The molecule has 1 atom stereocenters. The highest BCUT2D eigenvalue weighted by Gasteiger charge is 2.22. The molecule has 1 aromatic heterocycles. The summed E-state index contributed by atoms with van der Waals surface area (Å²) in [6, 6.07) is 11.1. The van der Waals surface area contributed by atoms with E-state index in [1.807, 2.05) is 0 Å². The molecule has 10 heteroatoms. The molecule has 174 valence electrons. The minimum atomic E-state index is -3.81. The molecule has 0 unspecified atom stereocenters. The van der Waals surface area contributed by atoms with Gasteiger partial charge in [0.1, 0.15) is 11.6 Å². The van der Waals surface area contributed by atoms with Crippen molar-refractivity contribution in [2.24, 2.45) is 5.92 Å². The van der Waals surface area contributed by atoms with Crippen molar-refractivity contribution in [1.29, 1.82) is 0 Å². The molecule has 0 amide bonds. The van der Waals surface area contributed by atoms with Crippen LogP contribution in [0.2, 0.25) is 0 Å². The number of sulfonamides is 1. The number of aliphatic hydroxyl groups excluding tert-OH is 1. The van der Waals surface area contributed by atoms with E-state index in [0.717, 1.165) is 29.2 Å². The van der Waals surface area contributed by atoms with Crippen LogP contribution in [0.25, 0.3) is 22.4 Å². The third kappa shape index (κ3) is 5.45. The van der Waals surface area contributed by atoms with Gasteiger partial charge in [-0.1, -0.05) is 30.7 Å². The van der Waals surface area contributed by atoms with Gasteiger partial charge in [-0.15, -0.1) is 0 Å². The molecule has 4 N–H and O–H groups in total. The molecule has 0 bridgehead atoms. The van der Waals surface area contributed by atoms with E-state index in [4.69, 9.17) is 5.73 Å². The predicted molar refractivity (Wildman–Crippen MR) is 136 cm³/mol. The maximum absolute atomic E-state index is 14.9. The van der Waals surface area contributed by atoms with Gasteiger partial charge in [-0.2, -0.15) is 2.94 Å². The van der Waals surface area contributed by atoms with E-state index in [2.05, 4.69) is 12.9 Å². The van der Waals surface area contributed by atoms with Crippen molar-refractivity contribution in [3.05, 3.63) is 60.7 Å². The van der Waals surface area contributed by atoms with Gasteiger partial charge in [0.15, 0.2) is 0 Å². The van der Waals surface area contributed by atoms with Crippen molar-refractivity contribution in [3.63, 3.8) is 0 Å². The fraction of sp³-hybridized carbons (Fsp3) is 0.261. The molecule has 0 radical (unpaired) electrons. The summed E-state index contributed by atoms with van der Waals surface area (Å²) in [6.07, 6.45) is 6.57. The normalized spacial score (nSPS) is 18.1. The zero-order chi connectivity index (χ0) is 23.4. The molecule has 1 fully saturated rings. The summed E-state index contributed by atoms with van der Waals surface area (Å²) >= 11 is -0.967. The zero-order valence-electron chi connectivity index (χ0n) is 17.7. The van der Waals surface area contributed by atoms with Gasteiger partial charge in [0.2, 0.25) is 10.0 Å². The van der Waals surface area contributed by atoms with Crippen molar-refractivity contribution in [3.8, 4) is 22.4 Å². The van der Waals surface area contributed by atoms with E-state index < -0.39 is 36.8 Å². The van der Waals surface area contributed by atoms with Crippen molar-refractivity contribution < 1.29 is 17.9 Å². The second-order valence-electron chi connectivity index (χ2n) is 7.76. The van der Waals surface area contributed by atoms with Crippen molar-refractivity contribution >= 4 is 40.4 Å². The summed E-state index contributed by atoms with van der Waals surface area (Å²) in [4.78, 5) is 8.14. The molecule has 1 aliphatic carbocycles. The molecular formula is C23H24FIN4O3S. The van der Waals surface area contributed by atoms with Crippen LogP contribution in [0.1, 0.15) is 25.7 Å². The van der Waals surface area contributed by atoms with Crippen LogP contribution in [-0.2, 0) is 10.0 Å². The van der Waals surface area contributed by atoms with Crippen LogP contribution in [0.4, 0.5) is 10.2 Å². The highest BCUT2D eigenvalue weighted by Crippen LogP contribution is 2.32. The monoisotopic (exact) mass is 582 g/mol. The van der Waals surface area contributed by atoms with Crippen LogP contribution in [0, 0.1) is 11.7 Å². The summed E-state index contributed by atoms with van der Waals surface area (Å²) in [6.45, 7) is 0.0530. The number of nitrogens with one attached hydrogen (secondary N) is 1. The lowest BCUT2D eigenvalue weighted by atomic mass is 9.90. The first-order chi connectivity index (χ1) is 15.9. The summed E-state index contributed by atoms with van der Waals surface area (Å²) in [5.41, 5.74) is 6.99.